The zero-order chi connectivity index (χ0) is 16.8. The lowest BCUT2D eigenvalue weighted by atomic mass is 10.2. The molecule has 23 heavy (non-hydrogen) atoms. The van der Waals surface area contributed by atoms with Crippen LogP contribution in [0.2, 0.25) is 0 Å². The Morgan fingerprint density at radius 3 is 2.70 bits per heavy atom. The molecule has 2 N–H and O–H groups in total. The minimum absolute atomic E-state index is 0.115. The van der Waals surface area contributed by atoms with Crippen molar-refractivity contribution in [1.82, 2.24) is 10.2 Å². The number of aliphatic carboxylic acids is 1. The first-order chi connectivity index (χ1) is 11.0. The number of alkyl carbamates (subject to hydrolysis) is 1. The van der Waals surface area contributed by atoms with Crippen LogP contribution in [0.4, 0.5) is 4.79 Å². The van der Waals surface area contributed by atoms with Gasteiger partial charge in [-0.05, 0) is 18.4 Å². The molecule has 0 radical (unpaired) electrons. The van der Waals surface area contributed by atoms with E-state index in [-0.39, 0.29) is 12.5 Å². The Morgan fingerprint density at radius 2 is 2.09 bits per heavy atom. The standard InChI is InChI=1S/C16H20N2O5/c1-2-13(15(20)21)18-9-8-12(14(18)19)17-16(22)23-10-11-6-4-3-5-7-11/h3-7,12-13H,2,8-10H2,1H3,(H,17,22)(H,20,21)/t12-,13?/m0/s1. The molecule has 0 aromatic heterocycles. The summed E-state index contributed by atoms with van der Waals surface area (Å²) in [4.78, 5) is 36.4. The Balaban J connectivity index is 1.85. The molecule has 0 saturated carbocycles. The Morgan fingerprint density at radius 1 is 1.39 bits per heavy atom. The number of amides is 2. The van der Waals surface area contributed by atoms with Crippen LogP contribution >= 0.6 is 0 Å². The quantitative estimate of drug-likeness (QED) is 0.825. The first kappa shape index (κ1) is 16.8. The number of carboxylic acids is 1. The number of carbonyl (C=O) groups excluding carboxylic acids is 2. The van der Waals surface area contributed by atoms with Gasteiger partial charge in [0.05, 0.1) is 0 Å². The zero-order valence-electron chi connectivity index (χ0n) is 12.9. The molecule has 1 aliphatic heterocycles. The van der Waals surface area contributed by atoms with Gasteiger partial charge in [-0.2, -0.15) is 0 Å². The fourth-order valence-electron chi connectivity index (χ4n) is 2.58. The van der Waals surface area contributed by atoms with E-state index in [1.165, 1.54) is 4.90 Å². The molecule has 0 spiro atoms. The Labute approximate surface area is 134 Å². The number of benzene rings is 1. The molecule has 0 bridgehead atoms. The Kier molecular flexibility index (Phi) is 5.56. The van der Waals surface area contributed by atoms with Gasteiger partial charge < -0.3 is 20.1 Å². The van der Waals surface area contributed by atoms with Crippen molar-refractivity contribution in [3.63, 3.8) is 0 Å². The summed E-state index contributed by atoms with van der Waals surface area (Å²) >= 11 is 0. The second-order valence-corrected chi connectivity index (χ2v) is 5.34. The molecule has 7 nitrogen and oxygen atoms in total. The van der Waals surface area contributed by atoms with E-state index in [1.54, 1.807) is 6.92 Å². The predicted molar refractivity (Wildman–Crippen MR) is 81.6 cm³/mol. The highest BCUT2D eigenvalue weighted by atomic mass is 16.5. The van der Waals surface area contributed by atoms with E-state index >= 15 is 0 Å². The molecule has 1 unspecified atom stereocenters. The first-order valence-corrected chi connectivity index (χ1v) is 7.53. The molecule has 2 rings (SSSR count). The molecule has 1 fully saturated rings. The van der Waals surface area contributed by atoms with E-state index in [2.05, 4.69) is 5.32 Å². The van der Waals surface area contributed by atoms with Gasteiger partial charge in [-0.3, -0.25) is 4.79 Å². The van der Waals surface area contributed by atoms with Gasteiger partial charge in [0, 0.05) is 6.54 Å². The lowest BCUT2D eigenvalue weighted by Gasteiger charge is -2.23. The summed E-state index contributed by atoms with van der Waals surface area (Å²) in [5, 5.41) is 11.6. The molecule has 1 heterocycles. The summed E-state index contributed by atoms with van der Waals surface area (Å²) in [6.45, 7) is 2.14. The van der Waals surface area contributed by atoms with Crippen LogP contribution in [0, 0.1) is 0 Å². The van der Waals surface area contributed by atoms with Crippen LogP contribution < -0.4 is 5.32 Å². The number of hydrogen-bond acceptors (Lipinski definition) is 4. The summed E-state index contributed by atoms with van der Waals surface area (Å²) in [5.41, 5.74) is 0.846. The number of hydrogen-bond donors (Lipinski definition) is 2. The van der Waals surface area contributed by atoms with Crippen molar-refractivity contribution in [2.24, 2.45) is 0 Å². The summed E-state index contributed by atoms with van der Waals surface area (Å²) in [5.74, 6) is -1.41. The number of carboxylic acid groups (broad SMARTS) is 1. The van der Waals surface area contributed by atoms with Gasteiger partial charge in [-0.25, -0.2) is 9.59 Å². The van der Waals surface area contributed by atoms with Crippen LogP contribution in [0.25, 0.3) is 0 Å². The number of nitrogens with one attached hydrogen (secondary N) is 1. The molecular weight excluding hydrogens is 300 g/mol. The molecule has 0 aliphatic carbocycles. The van der Waals surface area contributed by atoms with Crippen molar-refractivity contribution < 1.29 is 24.2 Å². The molecule has 1 saturated heterocycles. The lowest BCUT2D eigenvalue weighted by molar-refractivity contribution is -0.148. The number of likely N-dealkylation sites (tertiary alicyclic amines) is 1. The van der Waals surface area contributed by atoms with E-state index in [9.17, 15) is 14.4 Å². The smallest absolute Gasteiger partial charge is 0.408 e. The number of rotatable bonds is 6. The van der Waals surface area contributed by atoms with Gasteiger partial charge in [0.25, 0.3) is 0 Å². The topological polar surface area (TPSA) is 95.9 Å². The third-order valence-corrected chi connectivity index (χ3v) is 3.79. The molecular formula is C16H20N2O5. The summed E-state index contributed by atoms with van der Waals surface area (Å²) in [6.07, 6.45) is 0.0207. The van der Waals surface area contributed by atoms with Gasteiger partial charge in [-0.15, -0.1) is 0 Å². The number of nitrogens with zero attached hydrogens (tertiary/aromatic N) is 1. The predicted octanol–water partition coefficient (Wildman–Crippen LogP) is 1.38. The van der Waals surface area contributed by atoms with E-state index in [0.717, 1.165) is 5.56 Å². The van der Waals surface area contributed by atoms with Gasteiger partial charge in [0.2, 0.25) is 5.91 Å². The Hall–Kier alpha value is -2.57. The highest BCUT2D eigenvalue weighted by Gasteiger charge is 2.39. The van der Waals surface area contributed by atoms with Gasteiger partial charge in [0.15, 0.2) is 0 Å². The third kappa shape index (κ3) is 4.21. The summed E-state index contributed by atoms with van der Waals surface area (Å²) in [7, 11) is 0. The third-order valence-electron chi connectivity index (χ3n) is 3.79. The van der Waals surface area contributed by atoms with E-state index in [1.807, 2.05) is 30.3 Å². The van der Waals surface area contributed by atoms with Crippen molar-refractivity contribution in [2.75, 3.05) is 6.54 Å². The Bertz CT molecular complexity index is 575. The van der Waals surface area contributed by atoms with Crippen LogP contribution in [0.3, 0.4) is 0 Å². The molecule has 2 amide bonds. The monoisotopic (exact) mass is 320 g/mol. The first-order valence-electron chi connectivity index (χ1n) is 7.53. The van der Waals surface area contributed by atoms with Crippen LogP contribution in [-0.2, 0) is 20.9 Å². The second kappa shape index (κ2) is 7.62. The van der Waals surface area contributed by atoms with Crippen LogP contribution in [-0.4, -0.2) is 46.6 Å². The van der Waals surface area contributed by atoms with Crippen LogP contribution in [0.5, 0.6) is 0 Å². The number of ether oxygens (including phenoxy) is 1. The average Bonchev–Trinajstić information content (AvgIpc) is 2.88. The fraction of sp³-hybridized carbons (Fsp3) is 0.438. The van der Waals surface area contributed by atoms with Gasteiger partial charge >= 0.3 is 12.1 Å². The molecule has 1 aromatic carbocycles. The lowest BCUT2D eigenvalue weighted by Crippen LogP contribution is -2.47. The summed E-state index contributed by atoms with van der Waals surface area (Å²) < 4.78 is 5.07. The van der Waals surface area contributed by atoms with Crippen molar-refractivity contribution in [2.45, 2.75) is 38.5 Å². The zero-order valence-corrected chi connectivity index (χ0v) is 12.9. The van der Waals surface area contributed by atoms with Crippen LogP contribution in [0.15, 0.2) is 30.3 Å². The summed E-state index contributed by atoms with van der Waals surface area (Å²) in [6, 6.07) is 7.61. The van der Waals surface area contributed by atoms with Crippen molar-refractivity contribution in [3.8, 4) is 0 Å². The van der Waals surface area contributed by atoms with Crippen molar-refractivity contribution >= 4 is 18.0 Å². The SMILES string of the molecule is CCC(C(=O)O)N1CC[C@H](NC(=O)OCc2ccccc2)C1=O. The fourth-order valence-corrected chi connectivity index (χ4v) is 2.58. The largest absolute Gasteiger partial charge is 0.480 e. The van der Waals surface area contributed by atoms with Gasteiger partial charge in [-0.1, -0.05) is 37.3 Å². The van der Waals surface area contributed by atoms with Crippen LogP contribution in [0.1, 0.15) is 25.3 Å². The number of carbonyl (C=O) groups is 3. The molecule has 1 aromatic rings. The van der Waals surface area contributed by atoms with E-state index < -0.39 is 24.1 Å². The maximum absolute atomic E-state index is 12.2. The highest BCUT2D eigenvalue weighted by Crippen LogP contribution is 2.17. The van der Waals surface area contributed by atoms with E-state index in [0.29, 0.717) is 19.4 Å². The minimum Gasteiger partial charge on any atom is -0.480 e. The molecule has 124 valence electrons. The van der Waals surface area contributed by atoms with Crippen molar-refractivity contribution in [3.05, 3.63) is 35.9 Å². The average molecular weight is 320 g/mol. The molecule has 2 atom stereocenters. The van der Waals surface area contributed by atoms with Gasteiger partial charge in [0.1, 0.15) is 18.7 Å². The van der Waals surface area contributed by atoms with Crippen molar-refractivity contribution in [1.29, 1.82) is 0 Å². The highest BCUT2D eigenvalue weighted by molar-refractivity contribution is 5.90. The maximum atomic E-state index is 12.2. The minimum atomic E-state index is -1.03. The molecule has 1 aliphatic rings. The second-order valence-electron chi connectivity index (χ2n) is 5.34. The van der Waals surface area contributed by atoms with E-state index in [4.69, 9.17) is 9.84 Å². The normalized spacial score (nSPS) is 18.6. The maximum Gasteiger partial charge on any atom is 0.408 e. The molecule has 7 heteroatoms.